The number of benzene rings is 2. The minimum atomic E-state index is -0.374. The molecule has 0 aromatic heterocycles. The van der Waals surface area contributed by atoms with E-state index in [0.29, 0.717) is 16.3 Å². The van der Waals surface area contributed by atoms with Gasteiger partial charge in [0.2, 0.25) is 0 Å². The number of hydrogen-bond donors (Lipinski definition) is 1. The van der Waals surface area contributed by atoms with Crippen molar-refractivity contribution < 1.29 is 19.4 Å². The molecule has 0 aliphatic heterocycles. The zero-order valence-corrected chi connectivity index (χ0v) is 20.1. The predicted molar refractivity (Wildman–Crippen MR) is 128 cm³/mol. The Morgan fingerprint density at radius 2 is 1.90 bits per heavy atom. The van der Waals surface area contributed by atoms with Gasteiger partial charge in [0, 0.05) is 42.2 Å². The lowest BCUT2D eigenvalue weighted by Crippen LogP contribution is -2.25. The molecule has 0 fully saturated rings. The number of ketones is 1. The van der Waals surface area contributed by atoms with Crippen LogP contribution in [0, 0.1) is 0 Å². The standard InChI is InChI=1S/C24H30ClNO4S/c1-5-8-20-22(11-10-19(16(3)27)24(20)29)26(6-2)13-7-14-31-23-12-9-18(15-21(23)25)30-17(4)28/h9-12,15,29H,5-8,13-14H2,1-4H3. The summed E-state index contributed by atoms with van der Waals surface area (Å²) in [5, 5.41) is 11.2. The molecular formula is C24H30ClNO4S. The van der Waals surface area contributed by atoms with Crippen LogP contribution >= 0.6 is 23.4 Å². The molecule has 0 saturated carbocycles. The molecule has 5 nitrogen and oxygen atoms in total. The molecule has 168 valence electrons. The average molecular weight is 464 g/mol. The third kappa shape index (κ3) is 6.91. The normalized spacial score (nSPS) is 10.7. The number of aromatic hydroxyl groups is 1. The van der Waals surface area contributed by atoms with Gasteiger partial charge in [0.1, 0.15) is 11.5 Å². The summed E-state index contributed by atoms with van der Waals surface area (Å²) in [6, 6.07) is 8.92. The largest absolute Gasteiger partial charge is 0.507 e. The van der Waals surface area contributed by atoms with Crippen LogP contribution in [0.3, 0.4) is 0 Å². The van der Waals surface area contributed by atoms with Crippen LogP contribution in [-0.2, 0) is 11.2 Å². The minimum Gasteiger partial charge on any atom is -0.507 e. The van der Waals surface area contributed by atoms with E-state index in [-0.39, 0.29) is 17.5 Å². The number of carbonyl (C=O) groups is 2. The molecule has 0 unspecified atom stereocenters. The number of carbonyl (C=O) groups excluding carboxylic acids is 2. The van der Waals surface area contributed by atoms with Crippen LogP contribution in [0.5, 0.6) is 11.5 Å². The van der Waals surface area contributed by atoms with Crippen LogP contribution in [-0.4, -0.2) is 35.7 Å². The topological polar surface area (TPSA) is 66.8 Å². The maximum absolute atomic E-state index is 11.8. The fourth-order valence-corrected chi connectivity index (χ4v) is 4.61. The fourth-order valence-electron chi connectivity index (χ4n) is 3.42. The summed E-state index contributed by atoms with van der Waals surface area (Å²) in [7, 11) is 0. The van der Waals surface area contributed by atoms with Crippen molar-refractivity contribution in [1.82, 2.24) is 0 Å². The molecule has 31 heavy (non-hydrogen) atoms. The number of nitrogens with zero attached hydrogens (tertiary/aromatic N) is 1. The zero-order chi connectivity index (χ0) is 23.0. The number of thioether (sulfide) groups is 1. The molecule has 0 aliphatic carbocycles. The van der Waals surface area contributed by atoms with Gasteiger partial charge in [0.15, 0.2) is 5.78 Å². The monoisotopic (exact) mass is 463 g/mol. The number of halogens is 1. The van der Waals surface area contributed by atoms with Crippen LogP contribution in [0.15, 0.2) is 35.2 Å². The SMILES string of the molecule is CCCc1c(N(CC)CCCSc2ccc(OC(C)=O)cc2Cl)ccc(C(C)=O)c1O. The Kier molecular flexibility index (Phi) is 9.72. The first-order chi connectivity index (χ1) is 14.8. The Balaban J connectivity index is 2.04. The summed E-state index contributed by atoms with van der Waals surface area (Å²) in [4.78, 5) is 26.0. The van der Waals surface area contributed by atoms with E-state index in [1.54, 1.807) is 30.0 Å². The number of phenols is 1. The van der Waals surface area contributed by atoms with Crippen molar-refractivity contribution in [2.24, 2.45) is 0 Å². The van der Waals surface area contributed by atoms with Gasteiger partial charge in [-0.1, -0.05) is 24.9 Å². The molecule has 2 aromatic carbocycles. The highest BCUT2D eigenvalue weighted by Crippen LogP contribution is 2.34. The van der Waals surface area contributed by atoms with Crippen molar-refractivity contribution in [2.75, 3.05) is 23.7 Å². The summed E-state index contributed by atoms with van der Waals surface area (Å²) in [6.07, 6.45) is 2.52. The van der Waals surface area contributed by atoms with Gasteiger partial charge < -0.3 is 14.7 Å². The Morgan fingerprint density at radius 3 is 2.48 bits per heavy atom. The van der Waals surface area contributed by atoms with Crippen LogP contribution in [0.2, 0.25) is 5.02 Å². The number of esters is 1. The van der Waals surface area contributed by atoms with E-state index < -0.39 is 0 Å². The van der Waals surface area contributed by atoms with Crippen LogP contribution < -0.4 is 9.64 Å². The molecule has 0 bridgehead atoms. The number of hydrogen-bond acceptors (Lipinski definition) is 6. The van der Waals surface area contributed by atoms with Crippen molar-refractivity contribution >= 4 is 40.8 Å². The van der Waals surface area contributed by atoms with Crippen molar-refractivity contribution in [3.8, 4) is 11.5 Å². The first-order valence-corrected chi connectivity index (χ1v) is 11.9. The van der Waals surface area contributed by atoms with Crippen molar-refractivity contribution in [2.45, 2.75) is 51.9 Å². The van der Waals surface area contributed by atoms with Crippen LogP contribution in [0.25, 0.3) is 0 Å². The summed E-state index contributed by atoms with van der Waals surface area (Å²) < 4.78 is 5.05. The number of rotatable bonds is 11. The summed E-state index contributed by atoms with van der Waals surface area (Å²) >= 11 is 7.97. The highest BCUT2D eigenvalue weighted by atomic mass is 35.5. The van der Waals surface area contributed by atoms with Gasteiger partial charge in [-0.25, -0.2) is 0 Å². The second-order valence-electron chi connectivity index (χ2n) is 7.23. The third-order valence-electron chi connectivity index (χ3n) is 4.85. The number of Topliss-reactive ketones (excluding diaryl/α,β-unsaturated/α-hetero) is 1. The molecule has 0 amide bonds. The molecule has 2 aromatic rings. The lowest BCUT2D eigenvalue weighted by molar-refractivity contribution is -0.131. The van der Waals surface area contributed by atoms with Gasteiger partial charge in [-0.05, 0) is 56.7 Å². The lowest BCUT2D eigenvalue weighted by Gasteiger charge is -2.27. The molecule has 0 aliphatic rings. The highest BCUT2D eigenvalue weighted by molar-refractivity contribution is 7.99. The first-order valence-electron chi connectivity index (χ1n) is 10.5. The molecule has 0 radical (unpaired) electrons. The smallest absolute Gasteiger partial charge is 0.308 e. The zero-order valence-electron chi connectivity index (χ0n) is 18.5. The average Bonchev–Trinajstić information content (AvgIpc) is 2.70. The van der Waals surface area contributed by atoms with Gasteiger partial charge in [0.25, 0.3) is 0 Å². The maximum Gasteiger partial charge on any atom is 0.308 e. The minimum absolute atomic E-state index is 0.110. The van der Waals surface area contributed by atoms with E-state index in [1.807, 2.05) is 12.1 Å². The fraction of sp³-hybridized carbons (Fsp3) is 0.417. The Hall–Kier alpha value is -2.18. The van der Waals surface area contributed by atoms with E-state index in [9.17, 15) is 14.7 Å². The van der Waals surface area contributed by atoms with Gasteiger partial charge in [-0.15, -0.1) is 11.8 Å². The number of ether oxygens (including phenoxy) is 1. The van der Waals surface area contributed by atoms with Crippen molar-refractivity contribution in [3.63, 3.8) is 0 Å². The van der Waals surface area contributed by atoms with Gasteiger partial charge >= 0.3 is 5.97 Å². The third-order valence-corrected chi connectivity index (χ3v) is 6.44. The van der Waals surface area contributed by atoms with Gasteiger partial charge in [-0.2, -0.15) is 0 Å². The van der Waals surface area contributed by atoms with Gasteiger partial charge in [-0.3, -0.25) is 9.59 Å². The van der Waals surface area contributed by atoms with Crippen LogP contribution in [0.1, 0.15) is 56.5 Å². The predicted octanol–water partition coefficient (Wildman–Crippen LogP) is 6.13. The molecule has 1 N–H and O–H groups in total. The molecule has 0 saturated heterocycles. The molecule has 0 heterocycles. The molecule has 0 spiro atoms. The number of anilines is 1. The second kappa shape index (κ2) is 12.0. The Bertz CT molecular complexity index is 932. The second-order valence-corrected chi connectivity index (χ2v) is 8.78. The van der Waals surface area contributed by atoms with E-state index in [4.69, 9.17) is 16.3 Å². The highest BCUT2D eigenvalue weighted by Gasteiger charge is 2.18. The Labute approximate surface area is 193 Å². The quantitative estimate of drug-likeness (QED) is 0.142. The van der Waals surface area contributed by atoms with Crippen LogP contribution in [0.4, 0.5) is 5.69 Å². The Morgan fingerprint density at radius 1 is 1.16 bits per heavy atom. The summed E-state index contributed by atoms with van der Waals surface area (Å²) in [6.45, 7) is 8.61. The van der Waals surface area contributed by atoms with Crippen molar-refractivity contribution in [3.05, 3.63) is 46.5 Å². The molecule has 0 atom stereocenters. The first kappa shape index (κ1) is 25.1. The summed E-state index contributed by atoms with van der Waals surface area (Å²) in [5.74, 6) is 0.915. The number of phenolic OH excluding ortho intramolecular Hbond substituents is 1. The van der Waals surface area contributed by atoms with E-state index in [1.165, 1.54) is 13.8 Å². The molecule has 2 rings (SSSR count). The van der Waals surface area contributed by atoms with E-state index >= 15 is 0 Å². The molecular weight excluding hydrogens is 434 g/mol. The van der Waals surface area contributed by atoms with E-state index in [2.05, 4.69) is 18.7 Å². The summed E-state index contributed by atoms with van der Waals surface area (Å²) in [5.41, 5.74) is 2.21. The molecule has 7 heteroatoms. The lowest BCUT2D eigenvalue weighted by atomic mass is 9.99. The van der Waals surface area contributed by atoms with Gasteiger partial charge in [0.05, 0.1) is 10.6 Å². The maximum atomic E-state index is 11.8. The van der Waals surface area contributed by atoms with E-state index in [0.717, 1.165) is 54.3 Å². The van der Waals surface area contributed by atoms with Crippen molar-refractivity contribution in [1.29, 1.82) is 0 Å².